The summed E-state index contributed by atoms with van der Waals surface area (Å²) in [5, 5.41) is 9.65. The molecule has 18 heavy (non-hydrogen) atoms. The van der Waals surface area contributed by atoms with Crippen molar-refractivity contribution >= 4 is 11.0 Å². The molecule has 1 unspecified atom stereocenters. The number of rotatable bonds is 3. The minimum Gasteiger partial charge on any atom is -0.394 e. The van der Waals surface area contributed by atoms with Crippen molar-refractivity contribution in [1.82, 2.24) is 14.9 Å². The first kappa shape index (κ1) is 11.6. The molecule has 1 aliphatic heterocycles. The average molecular weight is 247 g/mol. The topological polar surface area (TPSA) is 61.4 Å². The molecule has 0 radical (unpaired) electrons. The predicted molar refractivity (Wildman–Crippen MR) is 68.3 cm³/mol. The molecule has 2 N–H and O–H groups in total. The molecule has 1 aromatic carbocycles. The quantitative estimate of drug-likeness (QED) is 0.847. The van der Waals surface area contributed by atoms with Gasteiger partial charge in [-0.05, 0) is 17.7 Å². The lowest BCUT2D eigenvalue weighted by molar-refractivity contribution is 0.00262. The number of hydrogen-bond acceptors (Lipinski definition) is 4. The number of ether oxygens (including phenoxy) is 1. The molecular formula is C13H17N3O2. The van der Waals surface area contributed by atoms with Gasteiger partial charge in [0.25, 0.3) is 0 Å². The third-order valence-electron chi connectivity index (χ3n) is 3.49. The van der Waals surface area contributed by atoms with Crippen LogP contribution in [-0.4, -0.2) is 52.9 Å². The molecule has 1 aromatic heterocycles. The Morgan fingerprint density at radius 2 is 2.22 bits per heavy atom. The van der Waals surface area contributed by atoms with Crippen molar-refractivity contribution in [1.29, 1.82) is 0 Å². The standard InChI is InChI=1S/C13H17N3O2/c17-8-13(16-3-5-18-6-4-16)10-1-2-11-12(7-10)15-9-14-11/h1-2,7,9,13,17H,3-6,8H2,(H,14,15). The molecule has 5 nitrogen and oxygen atoms in total. The Hall–Kier alpha value is -1.43. The second kappa shape index (κ2) is 5.06. The van der Waals surface area contributed by atoms with E-state index in [2.05, 4.69) is 20.9 Å². The van der Waals surface area contributed by atoms with Gasteiger partial charge in [0.1, 0.15) is 0 Å². The van der Waals surface area contributed by atoms with Crippen molar-refractivity contribution in [2.75, 3.05) is 32.9 Å². The Balaban J connectivity index is 1.89. The van der Waals surface area contributed by atoms with Gasteiger partial charge in [-0.3, -0.25) is 4.90 Å². The predicted octanol–water partition coefficient (Wildman–Crippen LogP) is 0.928. The minimum atomic E-state index is 0.0431. The van der Waals surface area contributed by atoms with Crippen LogP contribution in [0.3, 0.4) is 0 Å². The number of hydrogen-bond donors (Lipinski definition) is 2. The van der Waals surface area contributed by atoms with E-state index in [0.29, 0.717) is 0 Å². The number of aromatic amines is 1. The van der Waals surface area contributed by atoms with E-state index >= 15 is 0 Å². The number of benzene rings is 1. The first-order valence-electron chi connectivity index (χ1n) is 6.24. The van der Waals surface area contributed by atoms with E-state index in [-0.39, 0.29) is 12.6 Å². The van der Waals surface area contributed by atoms with Gasteiger partial charge in [-0.2, -0.15) is 0 Å². The second-order valence-corrected chi connectivity index (χ2v) is 4.53. The van der Waals surface area contributed by atoms with Crippen molar-refractivity contribution in [3.05, 3.63) is 30.1 Å². The number of imidazole rings is 1. The zero-order valence-corrected chi connectivity index (χ0v) is 10.2. The lowest BCUT2D eigenvalue weighted by atomic mass is 10.0. The van der Waals surface area contributed by atoms with Gasteiger partial charge in [0.2, 0.25) is 0 Å². The molecule has 96 valence electrons. The molecular weight excluding hydrogens is 230 g/mol. The van der Waals surface area contributed by atoms with Crippen molar-refractivity contribution in [3.63, 3.8) is 0 Å². The maximum atomic E-state index is 9.65. The van der Waals surface area contributed by atoms with E-state index in [9.17, 15) is 5.11 Å². The van der Waals surface area contributed by atoms with Crippen molar-refractivity contribution < 1.29 is 9.84 Å². The van der Waals surface area contributed by atoms with E-state index < -0.39 is 0 Å². The maximum Gasteiger partial charge on any atom is 0.0931 e. The Bertz CT molecular complexity index is 520. The first-order chi connectivity index (χ1) is 8.88. The molecule has 0 bridgehead atoms. The number of aliphatic hydroxyl groups excluding tert-OH is 1. The molecule has 0 spiro atoms. The highest BCUT2D eigenvalue weighted by Gasteiger charge is 2.22. The molecule has 0 amide bonds. The normalized spacial score (nSPS) is 19.2. The minimum absolute atomic E-state index is 0.0431. The third-order valence-corrected chi connectivity index (χ3v) is 3.49. The van der Waals surface area contributed by atoms with E-state index in [0.717, 1.165) is 42.9 Å². The summed E-state index contributed by atoms with van der Waals surface area (Å²) >= 11 is 0. The van der Waals surface area contributed by atoms with Gasteiger partial charge >= 0.3 is 0 Å². The first-order valence-corrected chi connectivity index (χ1v) is 6.24. The lowest BCUT2D eigenvalue weighted by Gasteiger charge is -2.33. The van der Waals surface area contributed by atoms with Crippen molar-refractivity contribution in [2.24, 2.45) is 0 Å². The molecule has 2 heterocycles. The monoisotopic (exact) mass is 247 g/mol. The van der Waals surface area contributed by atoms with Crippen LogP contribution >= 0.6 is 0 Å². The number of H-pyrrole nitrogens is 1. The van der Waals surface area contributed by atoms with Crippen LogP contribution in [0.5, 0.6) is 0 Å². The van der Waals surface area contributed by atoms with Gasteiger partial charge in [0.15, 0.2) is 0 Å². The summed E-state index contributed by atoms with van der Waals surface area (Å²) in [5.74, 6) is 0. The van der Waals surface area contributed by atoms with Gasteiger partial charge in [-0.1, -0.05) is 6.07 Å². The Labute approximate surface area is 105 Å². The summed E-state index contributed by atoms with van der Waals surface area (Å²) in [4.78, 5) is 9.58. The zero-order valence-electron chi connectivity index (χ0n) is 10.2. The molecule has 2 aromatic rings. The summed E-state index contributed by atoms with van der Waals surface area (Å²) < 4.78 is 5.35. The Morgan fingerprint density at radius 3 is 3.00 bits per heavy atom. The molecule has 3 rings (SSSR count). The molecule has 0 saturated carbocycles. The summed E-state index contributed by atoms with van der Waals surface area (Å²) in [6.07, 6.45) is 1.69. The third kappa shape index (κ3) is 2.12. The number of nitrogens with zero attached hydrogens (tertiary/aromatic N) is 2. The van der Waals surface area contributed by atoms with E-state index in [1.807, 2.05) is 12.1 Å². The number of nitrogens with one attached hydrogen (secondary N) is 1. The maximum absolute atomic E-state index is 9.65. The highest BCUT2D eigenvalue weighted by molar-refractivity contribution is 5.75. The van der Waals surface area contributed by atoms with Crippen LogP contribution in [0.4, 0.5) is 0 Å². The lowest BCUT2D eigenvalue weighted by Crippen LogP contribution is -2.40. The zero-order chi connectivity index (χ0) is 12.4. The number of morpholine rings is 1. The molecule has 1 aliphatic rings. The van der Waals surface area contributed by atoms with Crippen LogP contribution in [0.2, 0.25) is 0 Å². The van der Waals surface area contributed by atoms with Crippen molar-refractivity contribution in [3.8, 4) is 0 Å². The summed E-state index contributed by atoms with van der Waals surface area (Å²) in [6.45, 7) is 3.34. The second-order valence-electron chi connectivity index (χ2n) is 4.53. The number of fused-ring (bicyclic) bond motifs is 1. The van der Waals surface area contributed by atoms with Gasteiger partial charge in [-0.25, -0.2) is 4.98 Å². The number of aliphatic hydroxyl groups is 1. The average Bonchev–Trinajstić information content (AvgIpc) is 2.88. The molecule has 5 heteroatoms. The van der Waals surface area contributed by atoms with Crippen LogP contribution < -0.4 is 0 Å². The van der Waals surface area contributed by atoms with Crippen molar-refractivity contribution in [2.45, 2.75) is 6.04 Å². The summed E-state index contributed by atoms with van der Waals surface area (Å²) in [7, 11) is 0. The molecule has 1 fully saturated rings. The summed E-state index contributed by atoms with van der Waals surface area (Å²) in [6, 6.07) is 6.14. The fourth-order valence-electron chi connectivity index (χ4n) is 2.48. The number of aromatic nitrogens is 2. The van der Waals surface area contributed by atoms with Crippen LogP contribution in [0.25, 0.3) is 11.0 Å². The van der Waals surface area contributed by atoms with E-state index in [1.165, 1.54) is 0 Å². The van der Waals surface area contributed by atoms with E-state index in [4.69, 9.17) is 4.74 Å². The fourth-order valence-corrected chi connectivity index (χ4v) is 2.48. The molecule has 0 aliphatic carbocycles. The highest BCUT2D eigenvalue weighted by Crippen LogP contribution is 2.23. The highest BCUT2D eigenvalue weighted by atomic mass is 16.5. The van der Waals surface area contributed by atoms with Crippen LogP contribution in [0, 0.1) is 0 Å². The van der Waals surface area contributed by atoms with Gasteiger partial charge in [-0.15, -0.1) is 0 Å². The molecule has 1 saturated heterocycles. The fraction of sp³-hybridized carbons (Fsp3) is 0.462. The van der Waals surface area contributed by atoms with E-state index in [1.54, 1.807) is 6.33 Å². The van der Waals surface area contributed by atoms with Crippen LogP contribution in [-0.2, 0) is 4.74 Å². The van der Waals surface area contributed by atoms with Crippen LogP contribution in [0.15, 0.2) is 24.5 Å². The largest absolute Gasteiger partial charge is 0.394 e. The van der Waals surface area contributed by atoms with Crippen LogP contribution in [0.1, 0.15) is 11.6 Å². The molecule has 1 atom stereocenters. The smallest absolute Gasteiger partial charge is 0.0931 e. The van der Waals surface area contributed by atoms with Gasteiger partial charge in [0, 0.05) is 13.1 Å². The van der Waals surface area contributed by atoms with Gasteiger partial charge < -0.3 is 14.8 Å². The Kier molecular flexibility index (Phi) is 3.27. The van der Waals surface area contributed by atoms with Gasteiger partial charge in [0.05, 0.1) is 43.2 Å². The Morgan fingerprint density at radius 1 is 1.39 bits per heavy atom. The summed E-state index contributed by atoms with van der Waals surface area (Å²) in [5.41, 5.74) is 3.09. The SMILES string of the molecule is OCC(c1ccc2nc[nH]c2c1)N1CCOCC1.